The zero-order chi connectivity index (χ0) is 10.8. The van der Waals surface area contributed by atoms with Crippen molar-refractivity contribution in [3.63, 3.8) is 0 Å². The van der Waals surface area contributed by atoms with E-state index in [9.17, 15) is 0 Å². The Kier molecular flexibility index (Phi) is 3.93. The Bertz CT molecular complexity index is 182. The molecule has 84 valence electrons. The lowest BCUT2D eigenvalue weighted by Crippen LogP contribution is -2.41. The standard InChI is InChI=1S/C11H24N2O/c1-11(2)8-12(3)6-10(7-14-5)13(4)9-11/h10H,6-9H2,1-5H3. The zero-order valence-electron chi connectivity index (χ0n) is 10.2. The molecule has 0 aromatic rings. The summed E-state index contributed by atoms with van der Waals surface area (Å²) in [6.07, 6.45) is 0. The molecule has 0 amide bonds. The van der Waals surface area contributed by atoms with Gasteiger partial charge < -0.3 is 9.64 Å². The van der Waals surface area contributed by atoms with Gasteiger partial charge in [-0.2, -0.15) is 0 Å². The number of ether oxygens (including phenoxy) is 1. The van der Waals surface area contributed by atoms with Crippen molar-refractivity contribution in [3.05, 3.63) is 0 Å². The number of hydrogen-bond donors (Lipinski definition) is 0. The van der Waals surface area contributed by atoms with Crippen LogP contribution in [0.1, 0.15) is 13.8 Å². The molecule has 3 heteroatoms. The Balaban J connectivity index is 2.64. The van der Waals surface area contributed by atoms with E-state index < -0.39 is 0 Å². The lowest BCUT2D eigenvalue weighted by atomic mass is 9.93. The maximum absolute atomic E-state index is 5.26. The summed E-state index contributed by atoms with van der Waals surface area (Å²) in [7, 11) is 6.18. The maximum atomic E-state index is 5.26. The van der Waals surface area contributed by atoms with E-state index in [1.54, 1.807) is 7.11 Å². The largest absolute Gasteiger partial charge is 0.383 e. The number of methoxy groups -OCH3 is 1. The van der Waals surface area contributed by atoms with Crippen LogP contribution in [0.5, 0.6) is 0 Å². The SMILES string of the molecule is COCC1CN(C)CC(C)(C)CN1C. The second-order valence-electron chi connectivity index (χ2n) is 5.39. The molecular formula is C11H24N2O. The Morgan fingerprint density at radius 2 is 1.93 bits per heavy atom. The zero-order valence-corrected chi connectivity index (χ0v) is 10.2. The Morgan fingerprint density at radius 3 is 2.50 bits per heavy atom. The minimum Gasteiger partial charge on any atom is -0.383 e. The molecule has 14 heavy (non-hydrogen) atoms. The minimum absolute atomic E-state index is 0.381. The highest BCUT2D eigenvalue weighted by atomic mass is 16.5. The van der Waals surface area contributed by atoms with Crippen molar-refractivity contribution in [1.82, 2.24) is 9.80 Å². The van der Waals surface area contributed by atoms with Gasteiger partial charge in [0, 0.05) is 32.8 Å². The fraction of sp³-hybridized carbons (Fsp3) is 1.00. The van der Waals surface area contributed by atoms with E-state index in [0.717, 1.165) is 26.2 Å². The molecule has 0 spiro atoms. The highest BCUT2D eigenvalue weighted by molar-refractivity contribution is 4.85. The molecule has 0 radical (unpaired) electrons. The summed E-state index contributed by atoms with van der Waals surface area (Å²) in [6.45, 7) is 8.90. The molecule has 1 aliphatic heterocycles. The van der Waals surface area contributed by atoms with Gasteiger partial charge in [0.25, 0.3) is 0 Å². The van der Waals surface area contributed by atoms with Gasteiger partial charge in [0.05, 0.1) is 6.61 Å². The van der Waals surface area contributed by atoms with Gasteiger partial charge in [0.1, 0.15) is 0 Å². The smallest absolute Gasteiger partial charge is 0.0630 e. The molecule has 3 nitrogen and oxygen atoms in total. The highest BCUT2D eigenvalue weighted by Crippen LogP contribution is 2.22. The van der Waals surface area contributed by atoms with E-state index in [2.05, 4.69) is 37.7 Å². The van der Waals surface area contributed by atoms with Crippen molar-refractivity contribution in [2.24, 2.45) is 5.41 Å². The average molecular weight is 200 g/mol. The first kappa shape index (κ1) is 12.0. The lowest BCUT2D eigenvalue weighted by molar-refractivity contribution is 0.0947. The molecule has 1 rings (SSSR count). The molecule has 1 fully saturated rings. The van der Waals surface area contributed by atoms with Gasteiger partial charge in [-0.3, -0.25) is 4.90 Å². The van der Waals surface area contributed by atoms with Gasteiger partial charge in [-0.15, -0.1) is 0 Å². The molecular weight excluding hydrogens is 176 g/mol. The van der Waals surface area contributed by atoms with Gasteiger partial charge >= 0.3 is 0 Å². The summed E-state index contributed by atoms with van der Waals surface area (Å²) in [5, 5.41) is 0. The molecule has 0 aromatic heterocycles. The average Bonchev–Trinajstić information content (AvgIpc) is 2.08. The summed E-state index contributed by atoms with van der Waals surface area (Å²) < 4.78 is 5.26. The topological polar surface area (TPSA) is 15.7 Å². The van der Waals surface area contributed by atoms with Gasteiger partial charge in [-0.25, -0.2) is 0 Å². The molecule has 0 aromatic carbocycles. The van der Waals surface area contributed by atoms with Crippen molar-refractivity contribution in [2.45, 2.75) is 19.9 Å². The van der Waals surface area contributed by atoms with Gasteiger partial charge in [-0.05, 0) is 19.5 Å². The summed E-state index contributed by atoms with van der Waals surface area (Å²) >= 11 is 0. The predicted octanol–water partition coefficient (Wildman–Crippen LogP) is 0.905. The van der Waals surface area contributed by atoms with Crippen molar-refractivity contribution in [3.8, 4) is 0 Å². The van der Waals surface area contributed by atoms with Crippen molar-refractivity contribution >= 4 is 0 Å². The van der Waals surface area contributed by atoms with E-state index in [0.29, 0.717) is 11.5 Å². The van der Waals surface area contributed by atoms with Crippen molar-refractivity contribution in [1.29, 1.82) is 0 Å². The van der Waals surface area contributed by atoms with Gasteiger partial charge in [-0.1, -0.05) is 13.8 Å². The van der Waals surface area contributed by atoms with Crippen LogP contribution in [0.3, 0.4) is 0 Å². The van der Waals surface area contributed by atoms with Crippen molar-refractivity contribution < 1.29 is 4.74 Å². The quantitative estimate of drug-likeness (QED) is 0.659. The van der Waals surface area contributed by atoms with E-state index in [4.69, 9.17) is 4.74 Å². The predicted molar refractivity (Wildman–Crippen MR) is 59.6 cm³/mol. The summed E-state index contributed by atoms with van der Waals surface area (Å²) in [5.74, 6) is 0. The summed E-state index contributed by atoms with van der Waals surface area (Å²) in [6, 6.07) is 0.534. The Hall–Kier alpha value is -0.120. The van der Waals surface area contributed by atoms with Crippen molar-refractivity contribution in [2.75, 3.05) is 47.4 Å². The monoisotopic (exact) mass is 200 g/mol. The molecule has 0 saturated carbocycles. The molecule has 1 aliphatic rings. The first-order valence-electron chi connectivity index (χ1n) is 5.32. The summed E-state index contributed by atoms with van der Waals surface area (Å²) in [4.78, 5) is 4.83. The number of hydrogen-bond acceptors (Lipinski definition) is 3. The normalized spacial score (nSPS) is 30.2. The molecule has 1 heterocycles. The van der Waals surface area contributed by atoms with Crippen LogP contribution in [0.2, 0.25) is 0 Å². The Morgan fingerprint density at radius 1 is 1.29 bits per heavy atom. The van der Waals surface area contributed by atoms with Crippen LogP contribution in [0.25, 0.3) is 0 Å². The van der Waals surface area contributed by atoms with Crippen LogP contribution < -0.4 is 0 Å². The molecule has 1 unspecified atom stereocenters. The fourth-order valence-corrected chi connectivity index (χ4v) is 2.52. The van der Waals surface area contributed by atoms with Gasteiger partial charge in [0.15, 0.2) is 0 Å². The van der Waals surface area contributed by atoms with Crippen LogP contribution in [0.4, 0.5) is 0 Å². The lowest BCUT2D eigenvalue weighted by Gasteiger charge is -2.30. The van der Waals surface area contributed by atoms with Crippen LogP contribution in [-0.4, -0.2) is 63.3 Å². The first-order valence-corrected chi connectivity index (χ1v) is 5.32. The maximum Gasteiger partial charge on any atom is 0.0630 e. The second kappa shape index (κ2) is 4.60. The Labute approximate surface area is 88.0 Å². The van der Waals surface area contributed by atoms with Gasteiger partial charge in [0.2, 0.25) is 0 Å². The molecule has 0 bridgehead atoms. The third-order valence-corrected chi connectivity index (χ3v) is 2.88. The van der Waals surface area contributed by atoms with E-state index >= 15 is 0 Å². The molecule has 1 saturated heterocycles. The first-order chi connectivity index (χ1) is 6.44. The fourth-order valence-electron chi connectivity index (χ4n) is 2.52. The number of nitrogens with zero attached hydrogens (tertiary/aromatic N) is 2. The van der Waals surface area contributed by atoms with E-state index in [-0.39, 0.29) is 0 Å². The molecule has 0 aliphatic carbocycles. The minimum atomic E-state index is 0.381. The van der Waals surface area contributed by atoms with Crippen LogP contribution in [0.15, 0.2) is 0 Å². The second-order valence-corrected chi connectivity index (χ2v) is 5.39. The molecule has 0 N–H and O–H groups in total. The number of rotatable bonds is 2. The number of likely N-dealkylation sites (N-methyl/N-ethyl adjacent to an activating group) is 2. The van der Waals surface area contributed by atoms with Crippen LogP contribution in [0, 0.1) is 5.41 Å². The highest BCUT2D eigenvalue weighted by Gasteiger charge is 2.30. The van der Waals surface area contributed by atoms with E-state index in [1.807, 2.05) is 0 Å². The third kappa shape index (κ3) is 3.23. The molecule has 1 atom stereocenters. The third-order valence-electron chi connectivity index (χ3n) is 2.88. The van der Waals surface area contributed by atoms with Crippen LogP contribution >= 0.6 is 0 Å². The van der Waals surface area contributed by atoms with Crippen LogP contribution in [-0.2, 0) is 4.74 Å². The summed E-state index contributed by atoms with van der Waals surface area (Å²) in [5.41, 5.74) is 0.381. The van der Waals surface area contributed by atoms with E-state index in [1.165, 1.54) is 0 Å².